The van der Waals surface area contributed by atoms with Gasteiger partial charge in [-0.15, -0.1) is 0 Å². The molecule has 2 heterocycles. The van der Waals surface area contributed by atoms with E-state index in [1.165, 1.54) is 6.42 Å². The maximum absolute atomic E-state index is 12.2. The highest BCUT2D eigenvalue weighted by molar-refractivity contribution is 5.89. The van der Waals surface area contributed by atoms with E-state index in [9.17, 15) is 4.79 Å². The normalized spacial score (nSPS) is 22.5. The van der Waals surface area contributed by atoms with Crippen LogP contribution in [-0.4, -0.2) is 41.1 Å². The quantitative estimate of drug-likeness (QED) is 0.739. The van der Waals surface area contributed by atoms with Crippen molar-refractivity contribution in [3.8, 4) is 0 Å². The van der Waals surface area contributed by atoms with E-state index >= 15 is 0 Å². The van der Waals surface area contributed by atoms with E-state index in [0.29, 0.717) is 25.5 Å². The number of morpholine rings is 1. The van der Waals surface area contributed by atoms with Gasteiger partial charge in [0.05, 0.1) is 24.9 Å². The van der Waals surface area contributed by atoms with Gasteiger partial charge in [-0.05, 0) is 26.2 Å². The van der Waals surface area contributed by atoms with Gasteiger partial charge in [0, 0.05) is 6.54 Å². The molecule has 1 aromatic rings. The molecular formula is C12H16N2O3. The number of rotatable bonds is 1. The van der Waals surface area contributed by atoms with Gasteiger partial charge in [-0.2, -0.15) is 0 Å². The molecule has 0 atom stereocenters. The summed E-state index contributed by atoms with van der Waals surface area (Å²) in [6.07, 6.45) is 4.88. The molecule has 1 aliphatic heterocycles. The van der Waals surface area contributed by atoms with Gasteiger partial charge in [0.15, 0.2) is 0 Å². The minimum atomic E-state index is -0.118. The molecule has 0 aromatic carbocycles. The van der Waals surface area contributed by atoms with Crippen molar-refractivity contribution < 1.29 is 13.9 Å². The van der Waals surface area contributed by atoms with Crippen molar-refractivity contribution in [3.63, 3.8) is 0 Å². The van der Waals surface area contributed by atoms with E-state index in [2.05, 4.69) is 4.98 Å². The van der Waals surface area contributed by atoms with Crippen LogP contribution in [0.3, 0.4) is 0 Å². The smallest absolute Gasteiger partial charge is 0.309 e. The number of ether oxygens (including phenoxy) is 1. The molecule has 0 N–H and O–H groups in total. The van der Waals surface area contributed by atoms with Crippen LogP contribution in [0.5, 0.6) is 0 Å². The largest absolute Gasteiger partial charge is 0.438 e. The lowest BCUT2D eigenvalue weighted by molar-refractivity contribution is -0.142. The fourth-order valence-corrected chi connectivity index (χ4v) is 2.48. The van der Waals surface area contributed by atoms with E-state index in [4.69, 9.17) is 9.15 Å². The van der Waals surface area contributed by atoms with Crippen molar-refractivity contribution in [3.05, 3.63) is 17.8 Å². The Balaban J connectivity index is 1.73. The molecule has 2 fully saturated rings. The average Bonchev–Trinajstić information content (AvgIpc) is 2.73. The summed E-state index contributed by atoms with van der Waals surface area (Å²) in [6.45, 7) is 3.71. The van der Waals surface area contributed by atoms with Gasteiger partial charge < -0.3 is 14.1 Å². The van der Waals surface area contributed by atoms with Gasteiger partial charge in [-0.25, -0.2) is 4.98 Å². The van der Waals surface area contributed by atoms with Crippen LogP contribution < -0.4 is 0 Å². The minimum Gasteiger partial charge on any atom is -0.438 e. The topological polar surface area (TPSA) is 55.6 Å². The first-order valence-electron chi connectivity index (χ1n) is 6.04. The lowest BCUT2D eigenvalue weighted by Crippen LogP contribution is -2.57. The SMILES string of the molecule is Cc1cnc(C(=O)N2CCOC3(CCC3)C2)o1. The summed E-state index contributed by atoms with van der Waals surface area (Å²) in [6, 6.07) is 0. The predicted molar refractivity (Wildman–Crippen MR) is 59.7 cm³/mol. The number of aromatic nitrogens is 1. The number of carbonyl (C=O) groups excluding carboxylic acids is 1. The summed E-state index contributed by atoms with van der Waals surface area (Å²) in [5.41, 5.74) is -0.0739. The molecule has 1 saturated carbocycles. The van der Waals surface area contributed by atoms with Crippen molar-refractivity contribution >= 4 is 5.91 Å². The molecule has 92 valence electrons. The van der Waals surface area contributed by atoms with E-state index in [1.54, 1.807) is 18.0 Å². The third-order valence-corrected chi connectivity index (χ3v) is 3.60. The number of aryl methyl sites for hydroxylation is 1. The Hall–Kier alpha value is -1.36. The van der Waals surface area contributed by atoms with E-state index in [0.717, 1.165) is 12.8 Å². The number of oxazole rings is 1. The van der Waals surface area contributed by atoms with Crippen LogP contribution in [0.15, 0.2) is 10.6 Å². The predicted octanol–water partition coefficient (Wildman–Crippen LogP) is 1.38. The lowest BCUT2D eigenvalue weighted by atomic mass is 9.79. The summed E-state index contributed by atoms with van der Waals surface area (Å²) in [7, 11) is 0. The molecule has 5 heteroatoms. The third kappa shape index (κ3) is 1.84. The molecule has 1 aliphatic carbocycles. The summed E-state index contributed by atoms with van der Waals surface area (Å²) >= 11 is 0. The molecule has 5 nitrogen and oxygen atoms in total. The first kappa shape index (κ1) is 10.8. The molecule has 0 radical (unpaired) electrons. The third-order valence-electron chi connectivity index (χ3n) is 3.60. The number of carbonyl (C=O) groups is 1. The Morgan fingerprint density at radius 1 is 1.53 bits per heavy atom. The first-order chi connectivity index (χ1) is 8.19. The van der Waals surface area contributed by atoms with Gasteiger partial charge >= 0.3 is 5.91 Å². The van der Waals surface area contributed by atoms with E-state index < -0.39 is 0 Å². The Morgan fingerprint density at radius 2 is 2.35 bits per heavy atom. The lowest BCUT2D eigenvalue weighted by Gasteiger charge is -2.48. The molecule has 17 heavy (non-hydrogen) atoms. The highest BCUT2D eigenvalue weighted by Crippen LogP contribution is 2.38. The molecule has 1 saturated heterocycles. The molecular weight excluding hydrogens is 220 g/mol. The van der Waals surface area contributed by atoms with Crippen LogP contribution >= 0.6 is 0 Å². The monoisotopic (exact) mass is 236 g/mol. The molecule has 1 aromatic heterocycles. The van der Waals surface area contributed by atoms with Gasteiger partial charge in [-0.3, -0.25) is 4.79 Å². The van der Waals surface area contributed by atoms with Gasteiger partial charge in [0.25, 0.3) is 5.89 Å². The number of nitrogens with zero attached hydrogens (tertiary/aromatic N) is 2. The maximum Gasteiger partial charge on any atom is 0.309 e. The first-order valence-corrected chi connectivity index (χ1v) is 6.04. The van der Waals surface area contributed by atoms with Crippen molar-refractivity contribution in [1.29, 1.82) is 0 Å². The van der Waals surface area contributed by atoms with Gasteiger partial charge in [0.2, 0.25) is 0 Å². The molecule has 0 bridgehead atoms. The molecule has 2 aliphatic rings. The van der Waals surface area contributed by atoms with Crippen molar-refractivity contribution in [1.82, 2.24) is 9.88 Å². The highest BCUT2D eigenvalue weighted by atomic mass is 16.5. The van der Waals surface area contributed by atoms with Crippen LogP contribution in [0.2, 0.25) is 0 Å². The van der Waals surface area contributed by atoms with Crippen LogP contribution in [0.4, 0.5) is 0 Å². The summed E-state index contributed by atoms with van der Waals surface area (Å²) < 4.78 is 11.1. The summed E-state index contributed by atoms with van der Waals surface area (Å²) in [5.74, 6) is 0.742. The summed E-state index contributed by atoms with van der Waals surface area (Å²) in [5, 5.41) is 0. The fraction of sp³-hybridized carbons (Fsp3) is 0.667. The number of amides is 1. The zero-order valence-corrected chi connectivity index (χ0v) is 9.94. The highest BCUT2D eigenvalue weighted by Gasteiger charge is 2.43. The number of hydrogen-bond donors (Lipinski definition) is 0. The Kier molecular flexibility index (Phi) is 2.43. The van der Waals surface area contributed by atoms with Crippen molar-refractivity contribution in [2.24, 2.45) is 0 Å². The zero-order valence-electron chi connectivity index (χ0n) is 9.94. The Labute approximate surface area is 99.8 Å². The molecule has 1 spiro atoms. The molecule has 3 rings (SSSR count). The summed E-state index contributed by atoms with van der Waals surface area (Å²) in [4.78, 5) is 17.9. The van der Waals surface area contributed by atoms with Crippen molar-refractivity contribution in [2.75, 3.05) is 19.7 Å². The van der Waals surface area contributed by atoms with Crippen LogP contribution in [-0.2, 0) is 4.74 Å². The van der Waals surface area contributed by atoms with Crippen LogP contribution in [0, 0.1) is 6.92 Å². The average molecular weight is 236 g/mol. The second-order valence-electron chi connectivity index (χ2n) is 4.89. The molecule has 1 amide bonds. The standard InChI is InChI=1S/C12H16N2O3/c1-9-7-13-10(17-9)11(15)14-5-6-16-12(8-14)3-2-4-12/h7H,2-6,8H2,1H3. The van der Waals surface area contributed by atoms with Gasteiger partial charge in [0.1, 0.15) is 5.76 Å². The Morgan fingerprint density at radius 3 is 2.94 bits per heavy atom. The Bertz CT molecular complexity index is 437. The zero-order chi connectivity index (χ0) is 11.9. The molecule has 0 unspecified atom stereocenters. The second-order valence-corrected chi connectivity index (χ2v) is 4.89. The van der Waals surface area contributed by atoms with Crippen molar-refractivity contribution in [2.45, 2.75) is 31.8 Å². The second kappa shape index (κ2) is 3.84. The minimum absolute atomic E-state index is 0.0739. The maximum atomic E-state index is 12.2. The van der Waals surface area contributed by atoms with Crippen LogP contribution in [0.1, 0.15) is 35.7 Å². The fourth-order valence-electron chi connectivity index (χ4n) is 2.48. The van der Waals surface area contributed by atoms with Crippen LogP contribution in [0.25, 0.3) is 0 Å². The van der Waals surface area contributed by atoms with E-state index in [-0.39, 0.29) is 17.4 Å². The number of hydrogen-bond acceptors (Lipinski definition) is 4. The van der Waals surface area contributed by atoms with Gasteiger partial charge in [-0.1, -0.05) is 0 Å². The van der Waals surface area contributed by atoms with E-state index in [1.807, 2.05) is 0 Å².